The first-order valence-electron chi connectivity index (χ1n) is 17.0. The molecule has 0 bridgehead atoms. The SMILES string of the molecule is COc1ccc(C(=O)c2ccc(Oc3ccc(C4(c5ccc(Oc6ccc(C(=O)c7ccc(F)c([N+](=O)[O-])c7)cc6[N+](=O)[O-])cc5)OCCO4)cc3)cc2)cc1. The Balaban J connectivity index is 1.04. The highest BCUT2D eigenvalue weighted by atomic mass is 19.1. The summed E-state index contributed by atoms with van der Waals surface area (Å²) in [6, 6.07) is 33.5. The van der Waals surface area contributed by atoms with Crippen molar-refractivity contribution in [1.82, 2.24) is 0 Å². The molecule has 0 unspecified atom stereocenters. The molecule has 14 heteroatoms. The zero-order valence-electron chi connectivity index (χ0n) is 29.4. The predicted octanol–water partition coefficient (Wildman–Crippen LogP) is 8.95. The van der Waals surface area contributed by atoms with Gasteiger partial charge in [-0.15, -0.1) is 0 Å². The summed E-state index contributed by atoms with van der Waals surface area (Å²) >= 11 is 0. The van der Waals surface area contributed by atoms with Crippen LogP contribution in [-0.2, 0) is 15.3 Å². The maximum absolute atomic E-state index is 13.8. The van der Waals surface area contributed by atoms with Gasteiger partial charge in [-0.05, 0) is 121 Å². The minimum absolute atomic E-state index is 0.129. The molecule has 0 atom stereocenters. The Morgan fingerprint density at radius 3 is 1.48 bits per heavy atom. The van der Waals surface area contributed by atoms with Gasteiger partial charge in [0.25, 0.3) is 0 Å². The topological polar surface area (TPSA) is 167 Å². The third-order valence-corrected chi connectivity index (χ3v) is 8.92. The summed E-state index contributed by atoms with van der Waals surface area (Å²) in [4.78, 5) is 47.4. The fraction of sp³-hybridized carbons (Fsp3) is 0.0952. The first-order chi connectivity index (χ1) is 27.0. The normalized spacial score (nSPS) is 13.1. The van der Waals surface area contributed by atoms with Crippen molar-refractivity contribution in [3.05, 3.63) is 193 Å². The quantitative estimate of drug-likeness (QED) is 0.0627. The smallest absolute Gasteiger partial charge is 0.312 e. The number of hydrogen-bond acceptors (Lipinski definition) is 11. The summed E-state index contributed by atoms with van der Waals surface area (Å²) in [5.74, 6) is -1.49. The van der Waals surface area contributed by atoms with Crippen LogP contribution in [0.3, 0.4) is 0 Å². The molecule has 6 aromatic rings. The van der Waals surface area contributed by atoms with Crippen molar-refractivity contribution in [1.29, 1.82) is 0 Å². The van der Waals surface area contributed by atoms with E-state index in [2.05, 4.69) is 0 Å². The number of ketones is 2. The van der Waals surface area contributed by atoms with Crippen molar-refractivity contribution in [3.8, 4) is 28.7 Å². The zero-order valence-corrected chi connectivity index (χ0v) is 29.4. The zero-order chi connectivity index (χ0) is 39.4. The highest BCUT2D eigenvalue weighted by Crippen LogP contribution is 2.41. The Bertz CT molecular complexity index is 2450. The molecule has 0 saturated carbocycles. The van der Waals surface area contributed by atoms with Crippen LogP contribution in [0, 0.1) is 26.0 Å². The second-order valence-electron chi connectivity index (χ2n) is 12.3. The van der Waals surface area contributed by atoms with Gasteiger partial charge < -0.3 is 23.7 Å². The Morgan fingerprint density at radius 1 is 0.571 bits per heavy atom. The van der Waals surface area contributed by atoms with Gasteiger partial charge in [-0.2, -0.15) is 4.39 Å². The standard InChI is InChI=1S/C42H29FN2O11/c1-52-32-12-2-26(3-13-32)40(46)27-4-14-33(15-5-27)55-34-16-8-30(9-17-34)42(53-22-23-54-42)31-10-18-35(19-11-31)56-39-21-7-29(25-38(39)45(50)51)41(47)28-6-20-36(43)37(24-28)44(48)49/h2-21,24-25H,22-23H2,1H3. The summed E-state index contributed by atoms with van der Waals surface area (Å²) < 4.78 is 43.1. The Labute approximate surface area is 317 Å². The van der Waals surface area contributed by atoms with Crippen LogP contribution in [0.2, 0.25) is 0 Å². The second-order valence-corrected chi connectivity index (χ2v) is 12.3. The fourth-order valence-corrected chi connectivity index (χ4v) is 6.09. The first kappa shape index (κ1) is 37.0. The van der Waals surface area contributed by atoms with Crippen LogP contribution in [0.15, 0.2) is 133 Å². The minimum atomic E-state index is -1.26. The maximum Gasteiger partial charge on any atom is 0.312 e. The third-order valence-electron chi connectivity index (χ3n) is 8.92. The molecule has 0 aliphatic carbocycles. The Kier molecular flexibility index (Phi) is 10.3. The molecular formula is C42H29FN2O11. The van der Waals surface area contributed by atoms with Crippen molar-refractivity contribution in [2.45, 2.75) is 5.79 Å². The molecule has 1 saturated heterocycles. The highest BCUT2D eigenvalue weighted by Gasteiger charge is 2.40. The lowest BCUT2D eigenvalue weighted by Gasteiger charge is -2.28. The Morgan fingerprint density at radius 2 is 0.982 bits per heavy atom. The summed E-state index contributed by atoms with van der Waals surface area (Å²) in [7, 11) is 1.56. The molecule has 1 heterocycles. The van der Waals surface area contributed by atoms with Gasteiger partial charge in [0.15, 0.2) is 11.6 Å². The number of hydrogen-bond donors (Lipinski definition) is 0. The molecule has 280 valence electrons. The number of rotatable bonds is 13. The lowest BCUT2D eigenvalue weighted by atomic mass is 9.97. The summed E-state index contributed by atoms with van der Waals surface area (Å²) in [6.45, 7) is 0.640. The van der Waals surface area contributed by atoms with E-state index < -0.39 is 38.6 Å². The van der Waals surface area contributed by atoms with Crippen molar-refractivity contribution in [2.75, 3.05) is 20.3 Å². The van der Waals surface area contributed by atoms with Crippen LogP contribution < -0.4 is 14.2 Å². The van der Waals surface area contributed by atoms with Crippen LogP contribution in [-0.4, -0.2) is 41.7 Å². The molecule has 0 N–H and O–H groups in total. The largest absolute Gasteiger partial charge is 0.497 e. The lowest BCUT2D eigenvalue weighted by molar-refractivity contribution is -0.387. The average Bonchev–Trinajstić information content (AvgIpc) is 3.73. The van der Waals surface area contributed by atoms with E-state index in [-0.39, 0.29) is 28.4 Å². The number of halogens is 1. The third kappa shape index (κ3) is 7.55. The number of methoxy groups -OCH3 is 1. The van der Waals surface area contributed by atoms with Crippen molar-refractivity contribution >= 4 is 22.9 Å². The van der Waals surface area contributed by atoms with Gasteiger partial charge in [0, 0.05) is 45.5 Å². The van der Waals surface area contributed by atoms with E-state index in [4.69, 9.17) is 23.7 Å². The van der Waals surface area contributed by atoms with Crippen molar-refractivity contribution in [3.63, 3.8) is 0 Å². The summed E-state index contributed by atoms with van der Waals surface area (Å²) in [6.07, 6.45) is 0. The number of nitrogens with zero attached hydrogens (tertiary/aromatic N) is 2. The van der Waals surface area contributed by atoms with Gasteiger partial charge in [0.1, 0.15) is 23.0 Å². The van der Waals surface area contributed by atoms with E-state index in [9.17, 15) is 34.2 Å². The molecule has 0 amide bonds. The predicted molar refractivity (Wildman–Crippen MR) is 198 cm³/mol. The molecule has 0 radical (unpaired) electrons. The maximum atomic E-state index is 13.8. The molecule has 13 nitrogen and oxygen atoms in total. The van der Waals surface area contributed by atoms with Crippen LogP contribution >= 0.6 is 0 Å². The minimum Gasteiger partial charge on any atom is -0.497 e. The van der Waals surface area contributed by atoms with E-state index in [1.54, 1.807) is 92.0 Å². The molecule has 1 aliphatic rings. The van der Waals surface area contributed by atoms with Crippen molar-refractivity contribution < 1.29 is 47.5 Å². The number of nitro benzene ring substituents is 2. The van der Waals surface area contributed by atoms with Gasteiger partial charge in [0.2, 0.25) is 17.4 Å². The Hall–Kier alpha value is -7.29. The summed E-state index contributed by atoms with van der Waals surface area (Å²) in [5, 5.41) is 23.1. The molecule has 56 heavy (non-hydrogen) atoms. The molecule has 7 rings (SSSR count). The van der Waals surface area contributed by atoms with Crippen LogP contribution in [0.4, 0.5) is 15.8 Å². The first-order valence-corrected chi connectivity index (χ1v) is 17.0. The molecule has 0 aromatic heterocycles. The van der Waals surface area contributed by atoms with Gasteiger partial charge in [0.05, 0.1) is 30.2 Å². The molecule has 1 fully saturated rings. The number of carbonyl (C=O) groups is 2. The van der Waals surface area contributed by atoms with Gasteiger partial charge >= 0.3 is 11.4 Å². The number of carbonyl (C=O) groups excluding carboxylic acids is 2. The van der Waals surface area contributed by atoms with Gasteiger partial charge in [-0.3, -0.25) is 29.8 Å². The highest BCUT2D eigenvalue weighted by molar-refractivity contribution is 6.10. The molecule has 6 aromatic carbocycles. The van der Waals surface area contributed by atoms with Crippen LogP contribution in [0.25, 0.3) is 0 Å². The van der Waals surface area contributed by atoms with Crippen LogP contribution in [0.5, 0.6) is 28.7 Å². The van der Waals surface area contributed by atoms with E-state index in [1.807, 2.05) is 12.1 Å². The van der Waals surface area contributed by atoms with Crippen LogP contribution in [0.1, 0.15) is 43.0 Å². The van der Waals surface area contributed by atoms with Gasteiger partial charge in [-0.1, -0.05) is 0 Å². The summed E-state index contributed by atoms with van der Waals surface area (Å²) in [5.41, 5.74) is 0.560. The number of ether oxygens (including phenoxy) is 5. The second kappa shape index (κ2) is 15.6. The van der Waals surface area contributed by atoms with Gasteiger partial charge in [-0.25, -0.2) is 0 Å². The molecule has 1 aliphatic heterocycles. The lowest BCUT2D eigenvalue weighted by Crippen LogP contribution is -2.28. The van der Waals surface area contributed by atoms with E-state index in [0.717, 1.165) is 24.3 Å². The number of benzene rings is 6. The molecule has 0 spiro atoms. The fourth-order valence-electron chi connectivity index (χ4n) is 6.09. The monoisotopic (exact) mass is 756 g/mol. The van der Waals surface area contributed by atoms with E-state index in [1.165, 1.54) is 12.1 Å². The van der Waals surface area contributed by atoms with E-state index >= 15 is 0 Å². The van der Waals surface area contributed by atoms with Crippen molar-refractivity contribution in [2.24, 2.45) is 0 Å². The van der Waals surface area contributed by atoms with E-state index in [0.29, 0.717) is 52.7 Å². The number of nitro groups is 2. The molecular weight excluding hydrogens is 727 g/mol. The average molecular weight is 757 g/mol.